The SMILES string of the molecule is c1ccc(-c2cc(N(c3ccc4sc5ccccc5c4c3)c3ccc(-c4ccccc4)c4oc5ccccc5c34)c3c(c2)sc2ccccc23)cc1. The van der Waals surface area contributed by atoms with Gasteiger partial charge in [0.05, 0.1) is 16.8 Å². The number of hydrogen-bond acceptors (Lipinski definition) is 4. The summed E-state index contributed by atoms with van der Waals surface area (Å²) in [4.78, 5) is 2.50. The Morgan fingerprint density at radius 2 is 1.02 bits per heavy atom. The monoisotopic (exact) mass is 699 g/mol. The predicted octanol–water partition coefficient (Wildman–Crippen LogP) is 15.1. The predicted molar refractivity (Wildman–Crippen MR) is 225 cm³/mol. The van der Waals surface area contributed by atoms with Gasteiger partial charge in [0.25, 0.3) is 0 Å². The van der Waals surface area contributed by atoms with Crippen LogP contribution in [0, 0.1) is 0 Å². The third-order valence-corrected chi connectivity index (χ3v) is 12.5. The molecule has 2 nitrogen and oxygen atoms in total. The van der Waals surface area contributed by atoms with E-state index in [2.05, 4.69) is 181 Å². The molecule has 52 heavy (non-hydrogen) atoms. The molecule has 0 aliphatic carbocycles. The van der Waals surface area contributed by atoms with Crippen LogP contribution < -0.4 is 4.90 Å². The Kier molecular flexibility index (Phi) is 6.63. The topological polar surface area (TPSA) is 16.4 Å². The molecule has 3 heterocycles. The fourth-order valence-corrected chi connectivity index (χ4v) is 10.2. The summed E-state index contributed by atoms with van der Waals surface area (Å²) >= 11 is 3.72. The third-order valence-electron chi connectivity index (χ3n) is 10.3. The maximum Gasteiger partial charge on any atom is 0.145 e. The van der Waals surface area contributed by atoms with Crippen molar-refractivity contribution in [3.63, 3.8) is 0 Å². The van der Waals surface area contributed by atoms with Gasteiger partial charge in [-0.15, -0.1) is 22.7 Å². The number of thiophene rings is 2. The Balaban J connectivity index is 1.30. The maximum absolute atomic E-state index is 6.83. The van der Waals surface area contributed by atoms with Crippen LogP contribution >= 0.6 is 22.7 Å². The van der Waals surface area contributed by atoms with Crippen molar-refractivity contribution in [3.05, 3.63) is 176 Å². The van der Waals surface area contributed by atoms with Crippen molar-refractivity contribution < 1.29 is 4.42 Å². The average Bonchev–Trinajstić information content (AvgIpc) is 3.90. The van der Waals surface area contributed by atoms with Crippen molar-refractivity contribution in [1.82, 2.24) is 0 Å². The molecule has 0 amide bonds. The highest BCUT2D eigenvalue weighted by Crippen LogP contribution is 2.51. The highest BCUT2D eigenvalue weighted by molar-refractivity contribution is 7.26. The highest BCUT2D eigenvalue weighted by atomic mass is 32.1. The molecule has 244 valence electrons. The minimum absolute atomic E-state index is 0.880. The summed E-state index contributed by atoms with van der Waals surface area (Å²) in [6, 6.07) is 63.7. The molecule has 3 aromatic heterocycles. The van der Waals surface area contributed by atoms with Gasteiger partial charge in [0.1, 0.15) is 11.2 Å². The molecule has 0 unspecified atom stereocenters. The number of para-hydroxylation sites is 1. The number of fused-ring (bicyclic) bond motifs is 9. The van der Waals surface area contributed by atoms with Crippen LogP contribution in [-0.2, 0) is 0 Å². The lowest BCUT2D eigenvalue weighted by atomic mass is 9.98. The van der Waals surface area contributed by atoms with E-state index in [9.17, 15) is 0 Å². The first kappa shape index (κ1) is 29.5. The van der Waals surface area contributed by atoms with E-state index in [-0.39, 0.29) is 0 Å². The largest absolute Gasteiger partial charge is 0.455 e. The van der Waals surface area contributed by atoms with Crippen LogP contribution in [0.1, 0.15) is 0 Å². The molecule has 0 N–H and O–H groups in total. The van der Waals surface area contributed by atoms with E-state index in [0.29, 0.717) is 0 Å². The molecular weight excluding hydrogens is 671 g/mol. The molecule has 0 saturated carbocycles. The molecule has 0 aliphatic rings. The van der Waals surface area contributed by atoms with E-state index in [1.165, 1.54) is 51.5 Å². The van der Waals surface area contributed by atoms with Crippen molar-refractivity contribution in [3.8, 4) is 22.3 Å². The van der Waals surface area contributed by atoms with Gasteiger partial charge in [-0.2, -0.15) is 0 Å². The van der Waals surface area contributed by atoms with Gasteiger partial charge in [-0.3, -0.25) is 0 Å². The Morgan fingerprint density at radius 1 is 0.385 bits per heavy atom. The molecule has 0 atom stereocenters. The molecule has 11 rings (SSSR count). The summed E-state index contributed by atoms with van der Waals surface area (Å²) in [5.74, 6) is 0. The maximum atomic E-state index is 6.83. The van der Waals surface area contributed by atoms with Crippen LogP contribution in [0.15, 0.2) is 180 Å². The Morgan fingerprint density at radius 3 is 1.83 bits per heavy atom. The van der Waals surface area contributed by atoms with Gasteiger partial charge < -0.3 is 9.32 Å². The highest BCUT2D eigenvalue weighted by Gasteiger charge is 2.26. The van der Waals surface area contributed by atoms with E-state index in [1.807, 2.05) is 22.7 Å². The minimum Gasteiger partial charge on any atom is -0.455 e. The molecule has 0 bridgehead atoms. The Labute approximate surface area is 308 Å². The van der Waals surface area contributed by atoms with Gasteiger partial charge in [0.15, 0.2) is 0 Å². The molecule has 0 radical (unpaired) electrons. The summed E-state index contributed by atoms with van der Waals surface area (Å²) in [6.45, 7) is 0. The van der Waals surface area contributed by atoms with Crippen LogP contribution in [0.3, 0.4) is 0 Å². The second kappa shape index (κ2) is 11.7. The molecule has 0 spiro atoms. The zero-order chi connectivity index (χ0) is 34.2. The van der Waals surface area contributed by atoms with Crippen molar-refractivity contribution in [1.29, 1.82) is 0 Å². The van der Waals surface area contributed by atoms with Gasteiger partial charge in [-0.25, -0.2) is 0 Å². The molecular formula is C48H29NOS2. The lowest BCUT2D eigenvalue weighted by Gasteiger charge is -2.28. The summed E-state index contributed by atoms with van der Waals surface area (Å²) in [7, 11) is 0. The van der Waals surface area contributed by atoms with E-state index < -0.39 is 0 Å². The fourth-order valence-electron chi connectivity index (χ4n) is 7.91. The number of hydrogen-bond donors (Lipinski definition) is 0. The van der Waals surface area contributed by atoms with E-state index in [4.69, 9.17) is 4.42 Å². The molecule has 4 heteroatoms. The van der Waals surface area contributed by atoms with Crippen LogP contribution in [0.5, 0.6) is 0 Å². The van der Waals surface area contributed by atoms with Gasteiger partial charge in [-0.1, -0.05) is 115 Å². The molecule has 0 fully saturated rings. The van der Waals surface area contributed by atoms with Gasteiger partial charge >= 0.3 is 0 Å². The lowest BCUT2D eigenvalue weighted by Crippen LogP contribution is -2.11. The summed E-state index contributed by atoms with van der Waals surface area (Å²) in [6.07, 6.45) is 0. The van der Waals surface area contributed by atoms with Crippen LogP contribution in [0.2, 0.25) is 0 Å². The van der Waals surface area contributed by atoms with Gasteiger partial charge in [0, 0.05) is 57.0 Å². The number of benzene rings is 8. The van der Waals surface area contributed by atoms with Crippen molar-refractivity contribution >= 4 is 102 Å². The molecule has 0 aliphatic heterocycles. The Bertz CT molecular complexity index is 3130. The van der Waals surface area contributed by atoms with Gasteiger partial charge in [-0.05, 0) is 77.4 Å². The first-order valence-electron chi connectivity index (χ1n) is 17.5. The second-order valence-corrected chi connectivity index (χ2v) is 15.4. The molecule has 11 aromatic rings. The number of anilines is 3. The summed E-state index contributed by atoms with van der Waals surface area (Å²) < 4.78 is 12.0. The quantitative estimate of drug-likeness (QED) is 0.178. The van der Waals surface area contributed by atoms with E-state index in [0.717, 1.165) is 50.1 Å². The standard InChI is InChI=1S/C48H29NOS2/c1-3-13-30(14-4-1)32-27-40(46-37-19-9-12-22-43(37)52-45(46)28-32)49(33-23-26-44-38(29-33)35-17-8-11-21-42(35)51-44)39-25-24-34(31-15-5-2-6-16-31)48-47(39)36-18-7-10-20-41(36)50-48/h1-29H. The van der Waals surface area contributed by atoms with Crippen LogP contribution in [0.25, 0.3) is 84.5 Å². The van der Waals surface area contributed by atoms with Crippen LogP contribution in [-0.4, -0.2) is 0 Å². The first-order valence-corrected chi connectivity index (χ1v) is 19.1. The smallest absolute Gasteiger partial charge is 0.145 e. The normalized spacial score (nSPS) is 11.8. The second-order valence-electron chi connectivity index (χ2n) is 13.2. The fraction of sp³-hybridized carbons (Fsp3) is 0. The summed E-state index contributed by atoms with van der Waals surface area (Å²) in [5.41, 5.74) is 9.71. The minimum atomic E-state index is 0.880. The zero-order valence-corrected chi connectivity index (χ0v) is 29.5. The van der Waals surface area contributed by atoms with E-state index in [1.54, 1.807) is 0 Å². The number of furan rings is 1. The van der Waals surface area contributed by atoms with Gasteiger partial charge in [0.2, 0.25) is 0 Å². The van der Waals surface area contributed by atoms with E-state index >= 15 is 0 Å². The van der Waals surface area contributed by atoms with Crippen molar-refractivity contribution in [2.75, 3.05) is 4.90 Å². The lowest BCUT2D eigenvalue weighted by molar-refractivity contribution is 0.670. The van der Waals surface area contributed by atoms with Crippen LogP contribution in [0.4, 0.5) is 17.1 Å². The van der Waals surface area contributed by atoms with Crippen molar-refractivity contribution in [2.24, 2.45) is 0 Å². The molecule has 0 saturated heterocycles. The number of nitrogens with zero attached hydrogens (tertiary/aromatic N) is 1. The first-order chi connectivity index (χ1) is 25.8. The summed E-state index contributed by atoms with van der Waals surface area (Å²) in [5, 5.41) is 7.27. The third kappa shape index (κ3) is 4.55. The molecule has 8 aromatic carbocycles. The Hall–Kier alpha value is -6.20. The van der Waals surface area contributed by atoms with Crippen molar-refractivity contribution in [2.45, 2.75) is 0 Å². The zero-order valence-electron chi connectivity index (χ0n) is 27.9. The average molecular weight is 700 g/mol. The number of rotatable bonds is 5.